The van der Waals surface area contributed by atoms with Crippen LogP contribution in [-0.2, 0) is 14.3 Å². The molecule has 0 aliphatic carbocycles. The van der Waals surface area contributed by atoms with E-state index in [1.807, 2.05) is 0 Å². The zero-order valence-corrected chi connectivity index (χ0v) is 13.4. The minimum Gasteiger partial charge on any atom is -0.452 e. The van der Waals surface area contributed by atoms with Gasteiger partial charge in [-0.25, -0.2) is 9.48 Å². The van der Waals surface area contributed by atoms with Crippen LogP contribution < -0.4 is 5.32 Å². The van der Waals surface area contributed by atoms with Crippen LogP contribution in [0, 0.1) is 0 Å². The summed E-state index contributed by atoms with van der Waals surface area (Å²) < 4.78 is 6.57. The fourth-order valence-corrected chi connectivity index (χ4v) is 1.77. The number of hydrogen-bond donors (Lipinski definition) is 1. The monoisotopic (exact) mass is 330 g/mol. The van der Waals surface area contributed by atoms with E-state index in [0.717, 1.165) is 5.69 Å². The molecule has 0 aliphatic rings. The standard InChI is InChI=1S/C16H18N4O4/c1-19(2)15(22)10-17-14(21)11-24-16(23)12-4-6-13(7-5-12)20-9-3-8-18-20/h3-9H,10-11H2,1-2H3,(H,17,21). The largest absolute Gasteiger partial charge is 0.452 e. The van der Waals surface area contributed by atoms with Crippen molar-refractivity contribution in [1.82, 2.24) is 20.0 Å². The Balaban J connectivity index is 1.82. The molecule has 2 amide bonds. The third-order valence-corrected chi connectivity index (χ3v) is 3.14. The van der Waals surface area contributed by atoms with Crippen LogP contribution in [0.4, 0.5) is 0 Å². The van der Waals surface area contributed by atoms with Crippen LogP contribution in [-0.4, -0.2) is 59.7 Å². The summed E-state index contributed by atoms with van der Waals surface area (Å²) in [4.78, 5) is 36.1. The van der Waals surface area contributed by atoms with Crippen LogP contribution in [0.15, 0.2) is 42.7 Å². The first-order valence-electron chi connectivity index (χ1n) is 7.21. The van der Waals surface area contributed by atoms with Crippen molar-refractivity contribution in [2.45, 2.75) is 0 Å². The number of likely N-dealkylation sites (N-methyl/N-ethyl adjacent to an activating group) is 1. The number of benzene rings is 1. The van der Waals surface area contributed by atoms with E-state index in [9.17, 15) is 14.4 Å². The predicted octanol–water partition coefficient (Wildman–Crippen LogP) is 0.234. The second kappa shape index (κ2) is 7.91. The summed E-state index contributed by atoms with van der Waals surface area (Å²) >= 11 is 0. The molecular formula is C16H18N4O4. The summed E-state index contributed by atoms with van der Waals surface area (Å²) in [6.07, 6.45) is 3.44. The number of carbonyl (C=O) groups is 3. The van der Waals surface area contributed by atoms with Gasteiger partial charge in [0.15, 0.2) is 6.61 Å². The average molecular weight is 330 g/mol. The highest BCUT2D eigenvalue weighted by Gasteiger charge is 2.12. The average Bonchev–Trinajstić information content (AvgIpc) is 3.12. The third-order valence-electron chi connectivity index (χ3n) is 3.14. The van der Waals surface area contributed by atoms with Crippen molar-refractivity contribution in [1.29, 1.82) is 0 Å². The number of carbonyl (C=O) groups excluding carboxylic acids is 3. The SMILES string of the molecule is CN(C)C(=O)CNC(=O)COC(=O)c1ccc(-n2cccn2)cc1. The van der Waals surface area contributed by atoms with Gasteiger partial charge in [0, 0.05) is 26.5 Å². The second-order valence-electron chi connectivity index (χ2n) is 5.14. The highest BCUT2D eigenvalue weighted by Crippen LogP contribution is 2.09. The number of esters is 1. The van der Waals surface area contributed by atoms with E-state index in [-0.39, 0.29) is 12.5 Å². The lowest BCUT2D eigenvalue weighted by molar-refractivity contribution is -0.131. The molecule has 8 nitrogen and oxygen atoms in total. The fraction of sp³-hybridized carbons (Fsp3) is 0.250. The number of rotatable bonds is 6. The summed E-state index contributed by atoms with van der Waals surface area (Å²) in [5.41, 5.74) is 1.12. The van der Waals surface area contributed by atoms with Crippen LogP contribution in [0.3, 0.4) is 0 Å². The first-order chi connectivity index (χ1) is 11.5. The summed E-state index contributed by atoms with van der Waals surface area (Å²) in [6.45, 7) is -0.581. The molecule has 126 valence electrons. The normalized spacial score (nSPS) is 10.1. The van der Waals surface area contributed by atoms with Gasteiger partial charge in [0.25, 0.3) is 5.91 Å². The Bertz CT molecular complexity index is 708. The Hall–Kier alpha value is -3.16. The van der Waals surface area contributed by atoms with Crippen molar-refractivity contribution in [3.8, 4) is 5.69 Å². The molecule has 0 bridgehead atoms. The lowest BCUT2D eigenvalue weighted by Crippen LogP contribution is -2.38. The van der Waals surface area contributed by atoms with Crippen molar-refractivity contribution in [3.63, 3.8) is 0 Å². The van der Waals surface area contributed by atoms with Gasteiger partial charge in [-0.3, -0.25) is 9.59 Å². The van der Waals surface area contributed by atoms with Gasteiger partial charge < -0.3 is 15.0 Å². The van der Waals surface area contributed by atoms with Gasteiger partial charge in [0.05, 0.1) is 17.8 Å². The summed E-state index contributed by atoms with van der Waals surface area (Å²) in [6, 6.07) is 8.42. The third kappa shape index (κ3) is 4.67. The molecule has 24 heavy (non-hydrogen) atoms. The molecule has 0 atom stereocenters. The topological polar surface area (TPSA) is 93.5 Å². The zero-order valence-electron chi connectivity index (χ0n) is 13.4. The molecule has 2 aromatic rings. The Morgan fingerprint density at radius 1 is 1.21 bits per heavy atom. The van der Waals surface area contributed by atoms with E-state index in [2.05, 4.69) is 10.4 Å². The van der Waals surface area contributed by atoms with Gasteiger partial charge in [0.1, 0.15) is 0 Å². The first kappa shape index (κ1) is 17.2. The summed E-state index contributed by atoms with van der Waals surface area (Å²) in [5, 5.41) is 6.46. The first-order valence-corrected chi connectivity index (χ1v) is 7.21. The number of hydrogen-bond acceptors (Lipinski definition) is 5. The van der Waals surface area contributed by atoms with Crippen molar-refractivity contribution in [3.05, 3.63) is 48.3 Å². The molecule has 0 spiro atoms. The van der Waals surface area contributed by atoms with E-state index in [4.69, 9.17) is 4.74 Å². The van der Waals surface area contributed by atoms with Crippen LogP contribution >= 0.6 is 0 Å². The Morgan fingerprint density at radius 3 is 2.50 bits per heavy atom. The van der Waals surface area contributed by atoms with Crippen molar-refractivity contribution in [2.75, 3.05) is 27.2 Å². The molecule has 0 radical (unpaired) electrons. The molecule has 8 heteroatoms. The Kier molecular flexibility index (Phi) is 5.67. The van der Waals surface area contributed by atoms with Gasteiger partial charge in [-0.05, 0) is 30.3 Å². The molecule has 1 heterocycles. The highest BCUT2D eigenvalue weighted by molar-refractivity contribution is 5.92. The Morgan fingerprint density at radius 2 is 1.92 bits per heavy atom. The van der Waals surface area contributed by atoms with Crippen LogP contribution in [0.25, 0.3) is 5.69 Å². The molecule has 1 N–H and O–H groups in total. The van der Waals surface area contributed by atoms with E-state index in [1.165, 1.54) is 4.90 Å². The lowest BCUT2D eigenvalue weighted by Gasteiger charge is -2.11. The van der Waals surface area contributed by atoms with Crippen molar-refractivity contribution >= 4 is 17.8 Å². The number of aromatic nitrogens is 2. The molecule has 1 aromatic heterocycles. The smallest absolute Gasteiger partial charge is 0.338 e. The van der Waals surface area contributed by atoms with Gasteiger partial charge in [-0.2, -0.15) is 5.10 Å². The minimum absolute atomic E-state index is 0.137. The van der Waals surface area contributed by atoms with E-state index >= 15 is 0 Å². The van der Waals surface area contributed by atoms with Gasteiger partial charge in [0.2, 0.25) is 5.91 Å². The van der Waals surface area contributed by atoms with Gasteiger partial charge >= 0.3 is 5.97 Å². The number of nitrogens with one attached hydrogen (secondary N) is 1. The van der Waals surface area contributed by atoms with Crippen LogP contribution in [0.2, 0.25) is 0 Å². The van der Waals surface area contributed by atoms with Crippen molar-refractivity contribution in [2.24, 2.45) is 0 Å². The molecule has 0 unspecified atom stereocenters. The maximum atomic E-state index is 11.9. The molecule has 0 saturated heterocycles. The minimum atomic E-state index is -0.615. The molecule has 0 aliphatic heterocycles. The summed E-state index contributed by atoms with van der Waals surface area (Å²) in [5.74, 6) is -1.40. The molecule has 0 saturated carbocycles. The number of nitrogens with zero attached hydrogens (tertiary/aromatic N) is 3. The summed E-state index contributed by atoms with van der Waals surface area (Å²) in [7, 11) is 3.17. The molecular weight excluding hydrogens is 312 g/mol. The van der Waals surface area contributed by atoms with E-state index in [0.29, 0.717) is 5.56 Å². The van der Waals surface area contributed by atoms with Crippen LogP contribution in [0.1, 0.15) is 10.4 Å². The predicted molar refractivity (Wildman–Crippen MR) is 85.6 cm³/mol. The van der Waals surface area contributed by atoms with E-state index < -0.39 is 18.5 Å². The quantitative estimate of drug-likeness (QED) is 0.766. The molecule has 1 aromatic carbocycles. The van der Waals surface area contributed by atoms with Gasteiger partial charge in [-0.15, -0.1) is 0 Å². The second-order valence-corrected chi connectivity index (χ2v) is 5.14. The Labute approximate surface area is 139 Å². The van der Waals surface area contributed by atoms with Crippen LogP contribution in [0.5, 0.6) is 0 Å². The number of amides is 2. The highest BCUT2D eigenvalue weighted by atomic mass is 16.5. The molecule has 0 fully saturated rings. The number of ether oxygens (including phenoxy) is 1. The van der Waals surface area contributed by atoms with Gasteiger partial charge in [-0.1, -0.05) is 0 Å². The molecule has 2 rings (SSSR count). The van der Waals surface area contributed by atoms with Crippen molar-refractivity contribution < 1.29 is 19.1 Å². The zero-order chi connectivity index (χ0) is 17.5. The maximum absolute atomic E-state index is 11.9. The lowest BCUT2D eigenvalue weighted by atomic mass is 10.2. The fourth-order valence-electron chi connectivity index (χ4n) is 1.77. The van der Waals surface area contributed by atoms with E-state index in [1.54, 1.807) is 61.5 Å². The maximum Gasteiger partial charge on any atom is 0.338 e.